The molecule has 4 aromatic carbocycles. The SMILES string of the molecule is O=C1CC(c2nc3ccccc3n2CCCOc2cccc3ccccc23)CN1c1ccc2c(c1)OCCO2. The number of aromatic nitrogens is 2. The zero-order valence-corrected chi connectivity index (χ0v) is 21.6. The number of hydrogen-bond donors (Lipinski definition) is 0. The van der Waals surface area contributed by atoms with Crippen LogP contribution in [0, 0.1) is 0 Å². The molecule has 0 saturated carbocycles. The number of nitrogens with zero attached hydrogens (tertiary/aromatic N) is 3. The third-order valence-corrected chi connectivity index (χ3v) is 7.54. The molecular formula is C32H29N3O4. The zero-order valence-electron chi connectivity index (χ0n) is 21.6. The van der Waals surface area contributed by atoms with Crippen LogP contribution in [0.3, 0.4) is 0 Å². The van der Waals surface area contributed by atoms with Gasteiger partial charge in [0.1, 0.15) is 24.8 Å². The second kappa shape index (κ2) is 9.98. The summed E-state index contributed by atoms with van der Waals surface area (Å²) in [7, 11) is 0. The number of aryl methyl sites for hydroxylation is 1. The van der Waals surface area contributed by atoms with E-state index in [9.17, 15) is 4.79 Å². The summed E-state index contributed by atoms with van der Waals surface area (Å²) in [5.74, 6) is 3.36. The predicted molar refractivity (Wildman–Crippen MR) is 151 cm³/mol. The van der Waals surface area contributed by atoms with E-state index >= 15 is 0 Å². The Morgan fingerprint density at radius 1 is 0.897 bits per heavy atom. The number of ether oxygens (including phenoxy) is 3. The van der Waals surface area contributed by atoms with Gasteiger partial charge >= 0.3 is 0 Å². The van der Waals surface area contributed by atoms with Crippen molar-refractivity contribution in [1.29, 1.82) is 0 Å². The number of rotatable bonds is 7. The molecule has 7 nitrogen and oxygen atoms in total. The highest BCUT2D eigenvalue weighted by atomic mass is 16.6. The van der Waals surface area contributed by atoms with E-state index in [4.69, 9.17) is 19.2 Å². The maximum absolute atomic E-state index is 13.2. The first-order chi connectivity index (χ1) is 19.2. The first kappa shape index (κ1) is 23.6. The van der Waals surface area contributed by atoms with Crippen molar-refractivity contribution in [2.45, 2.75) is 25.3 Å². The van der Waals surface area contributed by atoms with E-state index in [0.29, 0.717) is 38.5 Å². The number of para-hydroxylation sites is 2. The van der Waals surface area contributed by atoms with E-state index in [2.05, 4.69) is 28.8 Å². The Bertz CT molecular complexity index is 1670. The second-order valence-electron chi connectivity index (χ2n) is 10.0. The van der Waals surface area contributed by atoms with Gasteiger partial charge in [0.15, 0.2) is 11.5 Å². The van der Waals surface area contributed by atoms with Gasteiger partial charge in [0.2, 0.25) is 5.91 Å². The molecule has 196 valence electrons. The Labute approximate surface area is 226 Å². The highest BCUT2D eigenvalue weighted by molar-refractivity contribution is 5.97. The van der Waals surface area contributed by atoms with Crippen LogP contribution in [0.4, 0.5) is 5.69 Å². The maximum atomic E-state index is 13.2. The zero-order chi connectivity index (χ0) is 26.2. The number of imidazole rings is 1. The summed E-state index contributed by atoms with van der Waals surface area (Å²) in [6.07, 6.45) is 1.24. The molecule has 7 rings (SSSR count). The van der Waals surface area contributed by atoms with Crippen LogP contribution in [0.5, 0.6) is 17.2 Å². The molecule has 2 aliphatic heterocycles. The van der Waals surface area contributed by atoms with Gasteiger partial charge < -0.3 is 23.7 Å². The van der Waals surface area contributed by atoms with Crippen molar-refractivity contribution in [3.8, 4) is 17.2 Å². The lowest BCUT2D eigenvalue weighted by Gasteiger charge is -2.22. The first-order valence-electron chi connectivity index (χ1n) is 13.5. The molecule has 0 aliphatic carbocycles. The van der Waals surface area contributed by atoms with Gasteiger partial charge in [-0.3, -0.25) is 4.79 Å². The highest BCUT2D eigenvalue weighted by Gasteiger charge is 2.35. The van der Waals surface area contributed by atoms with Gasteiger partial charge in [0, 0.05) is 42.6 Å². The van der Waals surface area contributed by atoms with Crippen molar-refractivity contribution in [3.05, 3.63) is 90.8 Å². The molecule has 1 atom stereocenters. The second-order valence-corrected chi connectivity index (χ2v) is 10.0. The molecule has 0 radical (unpaired) electrons. The summed E-state index contributed by atoms with van der Waals surface area (Å²) in [5.41, 5.74) is 2.87. The number of amides is 1. The minimum atomic E-state index is -0.00270. The van der Waals surface area contributed by atoms with Crippen LogP contribution >= 0.6 is 0 Å². The normalized spacial score (nSPS) is 16.8. The lowest BCUT2D eigenvalue weighted by Crippen LogP contribution is -2.25. The van der Waals surface area contributed by atoms with Gasteiger partial charge in [0.25, 0.3) is 0 Å². The fraction of sp³-hybridized carbons (Fsp3) is 0.250. The lowest BCUT2D eigenvalue weighted by molar-refractivity contribution is -0.117. The minimum absolute atomic E-state index is 0.00270. The Kier molecular flexibility index (Phi) is 6.04. The van der Waals surface area contributed by atoms with E-state index < -0.39 is 0 Å². The van der Waals surface area contributed by atoms with Crippen molar-refractivity contribution in [1.82, 2.24) is 9.55 Å². The summed E-state index contributed by atoms with van der Waals surface area (Å²) in [6, 6.07) is 28.3. The van der Waals surface area contributed by atoms with Gasteiger partial charge in [-0.05, 0) is 42.1 Å². The Morgan fingerprint density at radius 2 is 1.72 bits per heavy atom. The molecule has 1 saturated heterocycles. The molecule has 0 bridgehead atoms. The standard InChI is InChI=1S/C32H29N3O4/c36-31-19-23(21-35(31)24-13-14-29-30(20-24)39-18-17-38-29)32-33-26-10-3-4-11-27(26)34(32)15-6-16-37-28-12-5-8-22-7-1-2-9-25(22)28/h1-5,7-14,20,23H,6,15-19,21H2. The Morgan fingerprint density at radius 3 is 2.67 bits per heavy atom. The third-order valence-electron chi connectivity index (χ3n) is 7.54. The average Bonchev–Trinajstić information content (AvgIpc) is 3.55. The molecular weight excluding hydrogens is 490 g/mol. The van der Waals surface area contributed by atoms with Gasteiger partial charge in [-0.2, -0.15) is 0 Å². The van der Waals surface area contributed by atoms with Crippen LogP contribution in [0.1, 0.15) is 24.6 Å². The summed E-state index contributed by atoms with van der Waals surface area (Å²) >= 11 is 0. The van der Waals surface area contributed by atoms with Gasteiger partial charge in [-0.1, -0.05) is 48.5 Å². The Hall–Kier alpha value is -4.52. The van der Waals surface area contributed by atoms with E-state index in [0.717, 1.165) is 52.4 Å². The molecule has 5 aromatic rings. The number of benzene rings is 4. The quantitative estimate of drug-likeness (QED) is 0.249. The summed E-state index contributed by atoms with van der Waals surface area (Å²) in [5, 5.41) is 2.30. The summed E-state index contributed by atoms with van der Waals surface area (Å²) in [6.45, 7) is 2.98. The molecule has 0 spiro atoms. The minimum Gasteiger partial charge on any atom is -0.493 e. The summed E-state index contributed by atoms with van der Waals surface area (Å²) in [4.78, 5) is 20.0. The van der Waals surface area contributed by atoms with Crippen LogP contribution in [0.2, 0.25) is 0 Å². The maximum Gasteiger partial charge on any atom is 0.227 e. The molecule has 1 fully saturated rings. The molecule has 39 heavy (non-hydrogen) atoms. The van der Waals surface area contributed by atoms with Crippen LogP contribution in [-0.4, -0.2) is 41.8 Å². The number of carbonyl (C=O) groups is 1. The highest BCUT2D eigenvalue weighted by Crippen LogP contribution is 2.38. The largest absolute Gasteiger partial charge is 0.493 e. The monoisotopic (exact) mass is 519 g/mol. The molecule has 1 amide bonds. The molecule has 1 unspecified atom stereocenters. The predicted octanol–water partition coefficient (Wildman–Crippen LogP) is 5.95. The van der Waals surface area contributed by atoms with Crippen LogP contribution < -0.4 is 19.1 Å². The van der Waals surface area contributed by atoms with E-state index in [-0.39, 0.29) is 11.8 Å². The van der Waals surface area contributed by atoms with Crippen LogP contribution in [-0.2, 0) is 11.3 Å². The summed E-state index contributed by atoms with van der Waals surface area (Å²) < 4.78 is 19.9. The van der Waals surface area contributed by atoms with Crippen molar-refractivity contribution in [2.24, 2.45) is 0 Å². The number of hydrogen-bond acceptors (Lipinski definition) is 5. The van der Waals surface area contributed by atoms with Crippen LogP contribution in [0.15, 0.2) is 84.9 Å². The molecule has 0 N–H and O–H groups in total. The van der Waals surface area contributed by atoms with Gasteiger partial charge in [0.05, 0.1) is 17.6 Å². The molecule has 1 aromatic heterocycles. The number of fused-ring (bicyclic) bond motifs is 3. The fourth-order valence-electron chi connectivity index (χ4n) is 5.70. The topological polar surface area (TPSA) is 65.8 Å². The average molecular weight is 520 g/mol. The smallest absolute Gasteiger partial charge is 0.227 e. The van der Waals surface area contributed by atoms with E-state index in [1.807, 2.05) is 65.6 Å². The Balaban J connectivity index is 1.10. The molecule has 3 heterocycles. The molecule has 7 heteroatoms. The van der Waals surface area contributed by atoms with Gasteiger partial charge in [-0.25, -0.2) is 4.98 Å². The van der Waals surface area contributed by atoms with Crippen molar-refractivity contribution in [2.75, 3.05) is 31.3 Å². The van der Waals surface area contributed by atoms with Crippen molar-refractivity contribution >= 4 is 33.4 Å². The fourth-order valence-corrected chi connectivity index (χ4v) is 5.70. The van der Waals surface area contributed by atoms with Crippen molar-refractivity contribution in [3.63, 3.8) is 0 Å². The number of anilines is 1. The first-order valence-corrected chi connectivity index (χ1v) is 13.5. The van der Waals surface area contributed by atoms with Crippen molar-refractivity contribution < 1.29 is 19.0 Å². The van der Waals surface area contributed by atoms with Gasteiger partial charge in [-0.15, -0.1) is 0 Å². The molecule has 2 aliphatic rings. The van der Waals surface area contributed by atoms with E-state index in [1.165, 1.54) is 5.39 Å². The van der Waals surface area contributed by atoms with E-state index in [1.54, 1.807) is 0 Å². The third kappa shape index (κ3) is 4.44. The van der Waals surface area contributed by atoms with Crippen LogP contribution in [0.25, 0.3) is 21.8 Å². The number of carbonyl (C=O) groups excluding carboxylic acids is 1. The lowest BCUT2D eigenvalue weighted by atomic mass is 10.1.